The molecule has 0 atom stereocenters. The predicted molar refractivity (Wildman–Crippen MR) is 238 cm³/mol. The Morgan fingerprint density at radius 2 is 0.518 bits per heavy atom. The van der Waals surface area contributed by atoms with E-state index in [4.69, 9.17) is 0 Å². The summed E-state index contributed by atoms with van der Waals surface area (Å²) >= 11 is 0. The minimum atomic E-state index is 1.08. The molecule has 2 heteroatoms. The van der Waals surface area contributed by atoms with Crippen molar-refractivity contribution >= 4 is 39.7 Å². The molecule has 1 aliphatic carbocycles. The molecule has 0 radical (unpaired) electrons. The maximum atomic E-state index is 2.35. The van der Waals surface area contributed by atoms with Crippen LogP contribution < -0.4 is 9.80 Å². The van der Waals surface area contributed by atoms with Crippen molar-refractivity contribution in [3.63, 3.8) is 0 Å². The molecule has 0 aromatic heterocycles. The molecule has 0 unspecified atom stereocenters. The van der Waals surface area contributed by atoms with Crippen LogP contribution in [0.3, 0.4) is 0 Å². The van der Waals surface area contributed by atoms with Crippen LogP contribution in [0.4, 0.5) is 34.1 Å². The van der Waals surface area contributed by atoms with Crippen LogP contribution in [-0.2, 0) is 0 Å². The SMILES string of the molecule is C1=CC(c2ccc(N(c3ccc(-c4ccccc4)cc3)c3ccc(N(c4ccc(-c5ccccc5)cc4)c4ccc(-c5ccccc5)cc4)cc3)cc2)=CCC1. The van der Waals surface area contributed by atoms with Crippen molar-refractivity contribution in [3.05, 3.63) is 236 Å². The van der Waals surface area contributed by atoms with Gasteiger partial charge in [0.25, 0.3) is 0 Å². The normalized spacial score (nSPS) is 12.2. The summed E-state index contributed by atoms with van der Waals surface area (Å²) in [5.41, 5.74) is 16.3. The minimum Gasteiger partial charge on any atom is -0.311 e. The Morgan fingerprint density at radius 1 is 0.250 bits per heavy atom. The molecule has 0 N–H and O–H groups in total. The van der Waals surface area contributed by atoms with E-state index in [1.165, 1.54) is 44.5 Å². The maximum absolute atomic E-state index is 2.35. The highest BCUT2D eigenvalue weighted by molar-refractivity contribution is 5.84. The van der Waals surface area contributed by atoms with Gasteiger partial charge in [-0.1, -0.05) is 158 Å². The first-order valence-electron chi connectivity index (χ1n) is 19.4. The monoisotopic (exact) mass is 718 g/mol. The van der Waals surface area contributed by atoms with Crippen molar-refractivity contribution in [3.8, 4) is 33.4 Å². The van der Waals surface area contributed by atoms with E-state index >= 15 is 0 Å². The highest BCUT2D eigenvalue weighted by Gasteiger charge is 2.17. The van der Waals surface area contributed by atoms with Gasteiger partial charge in [-0.25, -0.2) is 0 Å². The Hall–Kier alpha value is -7.16. The lowest BCUT2D eigenvalue weighted by molar-refractivity contribution is 1.04. The molecule has 0 fully saturated rings. The molecule has 9 rings (SSSR count). The summed E-state index contributed by atoms with van der Waals surface area (Å²) in [4.78, 5) is 4.69. The van der Waals surface area contributed by atoms with E-state index in [0.29, 0.717) is 0 Å². The first kappa shape index (κ1) is 34.6. The van der Waals surface area contributed by atoms with E-state index in [-0.39, 0.29) is 0 Å². The molecule has 268 valence electrons. The zero-order chi connectivity index (χ0) is 37.5. The zero-order valence-electron chi connectivity index (χ0n) is 31.2. The fourth-order valence-corrected chi connectivity index (χ4v) is 7.58. The minimum absolute atomic E-state index is 1.08. The third-order valence-corrected chi connectivity index (χ3v) is 10.5. The fraction of sp³-hybridized carbons (Fsp3) is 0.0370. The van der Waals surface area contributed by atoms with E-state index < -0.39 is 0 Å². The molecule has 1 aliphatic rings. The molecule has 2 nitrogen and oxygen atoms in total. The first-order valence-corrected chi connectivity index (χ1v) is 19.4. The number of hydrogen-bond acceptors (Lipinski definition) is 2. The van der Waals surface area contributed by atoms with Gasteiger partial charge < -0.3 is 9.80 Å². The third kappa shape index (κ3) is 7.46. The number of nitrogens with zero attached hydrogens (tertiary/aromatic N) is 2. The molecule has 0 aliphatic heterocycles. The summed E-state index contributed by atoms with van der Waals surface area (Å²) in [5.74, 6) is 0. The number of benzene rings is 8. The van der Waals surface area contributed by atoms with Gasteiger partial charge in [0, 0.05) is 34.1 Å². The van der Waals surface area contributed by atoms with Crippen molar-refractivity contribution in [2.75, 3.05) is 9.80 Å². The summed E-state index contributed by atoms with van der Waals surface area (Å²) < 4.78 is 0. The average Bonchev–Trinajstić information content (AvgIpc) is 3.29. The molecule has 8 aromatic carbocycles. The van der Waals surface area contributed by atoms with Crippen molar-refractivity contribution in [2.24, 2.45) is 0 Å². The van der Waals surface area contributed by atoms with Gasteiger partial charge >= 0.3 is 0 Å². The molecule has 0 bridgehead atoms. The van der Waals surface area contributed by atoms with Gasteiger partial charge in [0.15, 0.2) is 0 Å². The van der Waals surface area contributed by atoms with Gasteiger partial charge in [-0.2, -0.15) is 0 Å². The van der Waals surface area contributed by atoms with Gasteiger partial charge in [0.05, 0.1) is 0 Å². The lowest BCUT2D eigenvalue weighted by Gasteiger charge is -2.29. The summed E-state index contributed by atoms with van der Waals surface area (Å²) in [7, 11) is 0. The fourth-order valence-electron chi connectivity index (χ4n) is 7.58. The number of allylic oxidation sites excluding steroid dienone is 4. The Balaban J connectivity index is 1.09. The number of anilines is 6. The van der Waals surface area contributed by atoms with E-state index in [9.17, 15) is 0 Å². The zero-order valence-corrected chi connectivity index (χ0v) is 31.2. The van der Waals surface area contributed by atoms with Crippen molar-refractivity contribution in [1.29, 1.82) is 0 Å². The largest absolute Gasteiger partial charge is 0.311 e. The Labute approximate surface area is 330 Å². The van der Waals surface area contributed by atoms with Crippen molar-refractivity contribution in [2.45, 2.75) is 12.8 Å². The molecule has 0 saturated heterocycles. The van der Waals surface area contributed by atoms with Gasteiger partial charge in [-0.3, -0.25) is 0 Å². The number of rotatable bonds is 10. The standard InChI is InChI=1S/C54H42N2/c1-5-13-41(14-6-1)45-21-29-49(30-22-45)55(50-31-23-46(24-32-50)42-15-7-2-8-16-42)53-37-39-54(40-38-53)56(51-33-25-47(26-34-51)43-17-9-3-10-18-43)52-35-27-48(28-36-52)44-19-11-4-12-20-44/h1-3,5-11,13-40H,4,12H2. The molecular formula is C54H42N2. The van der Waals surface area contributed by atoms with Crippen molar-refractivity contribution < 1.29 is 0 Å². The van der Waals surface area contributed by atoms with Gasteiger partial charge in [-0.15, -0.1) is 0 Å². The van der Waals surface area contributed by atoms with E-state index in [1.54, 1.807) is 0 Å². The first-order chi connectivity index (χ1) is 27.8. The van der Waals surface area contributed by atoms with Gasteiger partial charge in [0.2, 0.25) is 0 Å². The van der Waals surface area contributed by atoms with E-state index in [0.717, 1.165) is 47.0 Å². The van der Waals surface area contributed by atoms with Crippen LogP contribution in [0.1, 0.15) is 18.4 Å². The molecule has 0 heterocycles. The lowest BCUT2D eigenvalue weighted by Crippen LogP contribution is -2.12. The molecule has 0 amide bonds. The van der Waals surface area contributed by atoms with Gasteiger partial charge in [0.1, 0.15) is 0 Å². The van der Waals surface area contributed by atoms with Crippen LogP contribution in [0.25, 0.3) is 39.0 Å². The third-order valence-electron chi connectivity index (χ3n) is 10.5. The average molecular weight is 719 g/mol. The molecule has 56 heavy (non-hydrogen) atoms. The Kier molecular flexibility index (Phi) is 9.92. The van der Waals surface area contributed by atoms with Crippen LogP contribution in [0, 0.1) is 0 Å². The van der Waals surface area contributed by atoms with Crippen molar-refractivity contribution in [1.82, 2.24) is 0 Å². The molecular weight excluding hydrogens is 677 g/mol. The van der Waals surface area contributed by atoms with Crippen LogP contribution in [0.2, 0.25) is 0 Å². The predicted octanol–water partition coefficient (Wildman–Crippen LogP) is 15.4. The second-order valence-corrected chi connectivity index (χ2v) is 14.1. The Bertz CT molecular complexity index is 2470. The Morgan fingerprint density at radius 3 is 0.804 bits per heavy atom. The van der Waals surface area contributed by atoms with Crippen LogP contribution >= 0.6 is 0 Å². The van der Waals surface area contributed by atoms with Crippen LogP contribution in [-0.4, -0.2) is 0 Å². The second kappa shape index (κ2) is 16.1. The second-order valence-electron chi connectivity index (χ2n) is 14.1. The quantitative estimate of drug-likeness (QED) is 0.139. The topological polar surface area (TPSA) is 6.48 Å². The highest BCUT2D eigenvalue weighted by Crippen LogP contribution is 2.41. The lowest BCUT2D eigenvalue weighted by atomic mass is 9.99. The summed E-state index contributed by atoms with van der Waals surface area (Å²) in [5, 5.41) is 0. The highest BCUT2D eigenvalue weighted by atomic mass is 15.2. The molecule has 0 spiro atoms. The number of hydrogen-bond donors (Lipinski definition) is 0. The summed E-state index contributed by atoms with van der Waals surface area (Å²) in [6.45, 7) is 0. The van der Waals surface area contributed by atoms with Gasteiger partial charge in [-0.05, 0) is 130 Å². The molecule has 8 aromatic rings. The molecule has 0 saturated carbocycles. The van der Waals surface area contributed by atoms with E-state index in [2.05, 4.69) is 240 Å². The maximum Gasteiger partial charge on any atom is 0.0463 e. The summed E-state index contributed by atoms with van der Waals surface area (Å²) in [6.07, 6.45) is 9.05. The van der Waals surface area contributed by atoms with Crippen LogP contribution in [0.5, 0.6) is 0 Å². The van der Waals surface area contributed by atoms with E-state index in [1.807, 2.05) is 0 Å². The van der Waals surface area contributed by atoms with Crippen LogP contribution in [0.15, 0.2) is 231 Å². The smallest absolute Gasteiger partial charge is 0.0463 e. The summed E-state index contributed by atoms with van der Waals surface area (Å²) in [6, 6.07) is 76.3.